The minimum Gasteiger partial charge on any atom is -0.325 e. The van der Waals surface area contributed by atoms with Crippen LogP contribution in [-0.2, 0) is 17.6 Å². The number of anilines is 1. The number of aryl methyl sites for hydroxylation is 3. The highest BCUT2D eigenvalue weighted by Gasteiger charge is 2.14. The Morgan fingerprint density at radius 3 is 2.68 bits per heavy atom. The maximum absolute atomic E-state index is 12.4. The number of amides is 1. The molecule has 3 aromatic rings. The number of benzene rings is 2. The van der Waals surface area contributed by atoms with Gasteiger partial charge in [-0.25, -0.2) is 4.98 Å². The summed E-state index contributed by atoms with van der Waals surface area (Å²) < 4.78 is 0. The minimum absolute atomic E-state index is 0.0204. The highest BCUT2D eigenvalue weighted by molar-refractivity contribution is 8.00. The molecule has 0 saturated heterocycles. The molecule has 1 aromatic heterocycles. The van der Waals surface area contributed by atoms with Gasteiger partial charge in [-0.2, -0.15) is 0 Å². The zero-order valence-electron chi connectivity index (χ0n) is 16.0. The maximum Gasteiger partial charge on any atom is 0.234 e. The maximum atomic E-state index is 12.4. The van der Waals surface area contributed by atoms with Crippen molar-refractivity contribution in [3.63, 3.8) is 0 Å². The van der Waals surface area contributed by atoms with Crippen molar-refractivity contribution in [2.75, 3.05) is 11.1 Å². The second kappa shape index (κ2) is 7.76. The fourth-order valence-electron chi connectivity index (χ4n) is 3.63. The van der Waals surface area contributed by atoms with E-state index in [1.807, 2.05) is 6.92 Å². The quantitative estimate of drug-likeness (QED) is 0.494. The fourth-order valence-corrected chi connectivity index (χ4v) is 4.42. The van der Waals surface area contributed by atoms with Crippen molar-refractivity contribution < 1.29 is 9.59 Å². The summed E-state index contributed by atoms with van der Waals surface area (Å²) in [6.45, 7) is 3.55. The number of nitrogens with zero attached hydrogens (tertiary/aromatic N) is 1. The standard InChI is InChI=1S/C23H22N2O2S/c1-14-9-19-10-17-6-3-7-18(17)12-21(19)25-23(14)28-13-22(27)24-20-8-4-5-16(11-20)15(2)26/h4-5,8-12H,3,6-7,13H2,1-2H3,(H,24,27). The number of ketones is 1. The first kappa shape index (κ1) is 18.7. The normalized spacial score (nSPS) is 12.8. The molecule has 0 aliphatic heterocycles. The van der Waals surface area contributed by atoms with Crippen LogP contribution in [0.4, 0.5) is 5.69 Å². The largest absolute Gasteiger partial charge is 0.325 e. The summed E-state index contributed by atoms with van der Waals surface area (Å²) in [5, 5.41) is 4.92. The number of carbonyl (C=O) groups excluding carboxylic acids is 2. The van der Waals surface area contributed by atoms with Crippen LogP contribution in [0.3, 0.4) is 0 Å². The lowest BCUT2D eigenvalue weighted by Gasteiger charge is -2.10. The Kier molecular flexibility index (Phi) is 5.18. The molecule has 1 N–H and O–H groups in total. The Morgan fingerprint density at radius 2 is 1.89 bits per heavy atom. The van der Waals surface area contributed by atoms with E-state index in [4.69, 9.17) is 4.98 Å². The van der Waals surface area contributed by atoms with Gasteiger partial charge in [0.2, 0.25) is 5.91 Å². The molecule has 0 saturated carbocycles. The highest BCUT2D eigenvalue weighted by Crippen LogP contribution is 2.30. The fraction of sp³-hybridized carbons (Fsp3) is 0.261. The Morgan fingerprint density at radius 1 is 1.11 bits per heavy atom. The van der Waals surface area contributed by atoms with Crippen LogP contribution in [0.15, 0.2) is 47.5 Å². The SMILES string of the molecule is CC(=O)c1cccc(NC(=O)CSc2nc3cc4c(cc3cc2C)CCC4)c1. The van der Waals surface area contributed by atoms with E-state index in [1.54, 1.807) is 24.3 Å². The van der Waals surface area contributed by atoms with Gasteiger partial charge in [-0.15, -0.1) is 0 Å². The molecule has 4 rings (SSSR count). The Balaban J connectivity index is 1.47. The molecule has 4 nitrogen and oxygen atoms in total. The van der Waals surface area contributed by atoms with E-state index in [0.717, 1.165) is 28.9 Å². The van der Waals surface area contributed by atoms with Gasteiger partial charge >= 0.3 is 0 Å². The molecule has 0 spiro atoms. The van der Waals surface area contributed by atoms with Gasteiger partial charge in [-0.1, -0.05) is 23.9 Å². The zero-order valence-corrected chi connectivity index (χ0v) is 16.9. The third-order valence-electron chi connectivity index (χ3n) is 5.07. The third-order valence-corrected chi connectivity index (χ3v) is 6.16. The third kappa shape index (κ3) is 3.94. The van der Waals surface area contributed by atoms with Crippen molar-refractivity contribution in [1.82, 2.24) is 4.98 Å². The summed E-state index contributed by atoms with van der Waals surface area (Å²) in [6, 6.07) is 13.6. The number of pyridine rings is 1. The summed E-state index contributed by atoms with van der Waals surface area (Å²) >= 11 is 1.44. The lowest BCUT2D eigenvalue weighted by Crippen LogP contribution is -2.14. The second-order valence-corrected chi connectivity index (χ2v) is 8.22. The molecule has 0 fully saturated rings. The summed E-state index contributed by atoms with van der Waals surface area (Å²) in [6.07, 6.45) is 3.51. The minimum atomic E-state index is -0.110. The lowest BCUT2D eigenvalue weighted by atomic mass is 10.1. The number of Topliss-reactive ketones (excluding diaryl/α,β-unsaturated/α-hetero) is 1. The van der Waals surface area contributed by atoms with E-state index in [9.17, 15) is 9.59 Å². The molecule has 1 aliphatic rings. The highest BCUT2D eigenvalue weighted by atomic mass is 32.2. The van der Waals surface area contributed by atoms with Crippen molar-refractivity contribution in [3.8, 4) is 0 Å². The number of hydrogen-bond donors (Lipinski definition) is 1. The summed E-state index contributed by atoms with van der Waals surface area (Å²) in [5.41, 5.74) is 6.16. The molecule has 0 radical (unpaired) electrons. The van der Waals surface area contributed by atoms with Crippen LogP contribution in [0.1, 0.15) is 40.4 Å². The van der Waals surface area contributed by atoms with E-state index in [1.165, 1.54) is 41.6 Å². The first-order chi connectivity index (χ1) is 13.5. The van der Waals surface area contributed by atoms with Crippen LogP contribution in [0.5, 0.6) is 0 Å². The Labute approximate surface area is 168 Å². The number of nitrogens with one attached hydrogen (secondary N) is 1. The Hall–Kier alpha value is -2.66. The molecule has 5 heteroatoms. The van der Waals surface area contributed by atoms with E-state index in [0.29, 0.717) is 11.3 Å². The van der Waals surface area contributed by atoms with Crippen LogP contribution in [0.2, 0.25) is 0 Å². The lowest BCUT2D eigenvalue weighted by molar-refractivity contribution is -0.113. The van der Waals surface area contributed by atoms with Crippen LogP contribution in [-0.4, -0.2) is 22.4 Å². The summed E-state index contributed by atoms with van der Waals surface area (Å²) in [4.78, 5) is 28.6. The molecule has 1 amide bonds. The van der Waals surface area contributed by atoms with Crippen molar-refractivity contribution in [2.24, 2.45) is 0 Å². The zero-order chi connectivity index (χ0) is 19.7. The van der Waals surface area contributed by atoms with Crippen molar-refractivity contribution in [2.45, 2.75) is 38.1 Å². The molecular formula is C23H22N2O2S. The molecule has 1 heterocycles. The van der Waals surface area contributed by atoms with E-state index >= 15 is 0 Å². The van der Waals surface area contributed by atoms with Crippen molar-refractivity contribution >= 4 is 40.0 Å². The van der Waals surface area contributed by atoms with Gasteiger partial charge in [0.05, 0.1) is 11.3 Å². The van der Waals surface area contributed by atoms with Gasteiger partial charge < -0.3 is 5.32 Å². The molecular weight excluding hydrogens is 368 g/mol. The summed E-state index contributed by atoms with van der Waals surface area (Å²) in [7, 11) is 0. The van der Waals surface area contributed by atoms with Gasteiger partial charge in [0.1, 0.15) is 5.03 Å². The van der Waals surface area contributed by atoms with Gasteiger partial charge in [-0.05, 0) is 80.1 Å². The van der Waals surface area contributed by atoms with Crippen LogP contribution < -0.4 is 5.32 Å². The Bertz CT molecular complexity index is 1090. The van der Waals surface area contributed by atoms with Crippen LogP contribution >= 0.6 is 11.8 Å². The van der Waals surface area contributed by atoms with Crippen LogP contribution in [0, 0.1) is 6.92 Å². The number of carbonyl (C=O) groups is 2. The van der Waals surface area contributed by atoms with Gasteiger partial charge in [0, 0.05) is 16.6 Å². The average Bonchev–Trinajstić information content (AvgIpc) is 3.12. The molecule has 2 aromatic carbocycles. The summed E-state index contributed by atoms with van der Waals surface area (Å²) in [5.74, 6) is 0.142. The first-order valence-corrected chi connectivity index (χ1v) is 10.4. The molecule has 142 valence electrons. The van der Waals surface area contributed by atoms with E-state index in [-0.39, 0.29) is 17.4 Å². The van der Waals surface area contributed by atoms with E-state index in [2.05, 4.69) is 23.5 Å². The van der Waals surface area contributed by atoms with Crippen LogP contribution in [0.25, 0.3) is 10.9 Å². The van der Waals surface area contributed by atoms with Gasteiger partial charge in [0.25, 0.3) is 0 Å². The molecule has 0 unspecified atom stereocenters. The van der Waals surface area contributed by atoms with Gasteiger partial charge in [0.15, 0.2) is 5.78 Å². The van der Waals surface area contributed by atoms with E-state index < -0.39 is 0 Å². The predicted octanol–water partition coefficient (Wildman–Crippen LogP) is 4.97. The van der Waals surface area contributed by atoms with Crippen molar-refractivity contribution in [3.05, 3.63) is 64.7 Å². The number of hydrogen-bond acceptors (Lipinski definition) is 4. The van der Waals surface area contributed by atoms with Gasteiger partial charge in [-0.3, -0.25) is 9.59 Å². The topological polar surface area (TPSA) is 59.1 Å². The molecule has 28 heavy (non-hydrogen) atoms. The van der Waals surface area contributed by atoms with Crippen molar-refractivity contribution in [1.29, 1.82) is 0 Å². The molecule has 1 aliphatic carbocycles. The number of thioether (sulfide) groups is 1. The predicted molar refractivity (Wildman–Crippen MR) is 114 cm³/mol. The monoisotopic (exact) mass is 390 g/mol. The first-order valence-electron chi connectivity index (χ1n) is 9.46. The second-order valence-electron chi connectivity index (χ2n) is 7.25. The smallest absolute Gasteiger partial charge is 0.234 e. The average molecular weight is 391 g/mol. The number of rotatable bonds is 5. The molecule has 0 bridgehead atoms. The number of aromatic nitrogens is 1. The number of fused-ring (bicyclic) bond motifs is 2. The molecule has 0 atom stereocenters.